The molecule has 0 aliphatic rings. The lowest BCUT2D eigenvalue weighted by Crippen LogP contribution is -2.35. The molecule has 0 saturated heterocycles. The van der Waals surface area contributed by atoms with Crippen molar-refractivity contribution >= 4 is 33.4 Å². The molecule has 0 unspecified atom stereocenters. The molecule has 0 amide bonds. The Morgan fingerprint density at radius 1 is 1.00 bits per heavy atom. The van der Waals surface area contributed by atoms with E-state index in [1.54, 1.807) is 24.3 Å². The van der Waals surface area contributed by atoms with E-state index in [2.05, 4.69) is 4.90 Å². The summed E-state index contributed by atoms with van der Waals surface area (Å²) in [5.74, 6) is 0.571. The lowest BCUT2D eigenvalue weighted by molar-refractivity contribution is 0.306. The van der Waals surface area contributed by atoms with Gasteiger partial charge in [0.2, 0.25) is 0 Å². The number of para-hydroxylation sites is 1. The van der Waals surface area contributed by atoms with Crippen molar-refractivity contribution in [3.05, 3.63) is 95.0 Å². The summed E-state index contributed by atoms with van der Waals surface area (Å²) in [6, 6.07) is 21.2. The number of rotatable bonds is 11. The molecule has 0 radical (unpaired) electrons. The molecule has 0 saturated carbocycles. The highest BCUT2D eigenvalue weighted by molar-refractivity contribution is 7.92. The average molecular weight is 501 g/mol. The van der Waals surface area contributed by atoms with E-state index in [9.17, 15) is 13.5 Å². The van der Waals surface area contributed by atoms with Gasteiger partial charge in [-0.25, -0.2) is 8.42 Å². The minimum atomic E-state index is -3.88. The molecule has 34 heavy (non-hydrogen) atoms. The van der Waals surface area contributed by atoms with Gasteiger partial charge in [-0.3, -0.25) is 9.21 Å². The number of hydrogen-bond donors (Lipinski definition) is 1. The Balaban J connectivity index is 1.80. The zero-order chi connectivity index (χ0) is 24.6. The number of nitrogens with zero attached hydrogens (tertiary/aromatic N) is 2. The summed E-state index contributed by atoms with van der Waals surface area (Å²) in [5, 5.41) is 10.3. The number of aliphatic hydroxyl groups excluding tert-OH is 1. The first-order valence-corrected chi connectivity index (χ1v) is 12.6. The molecular weight excluding hydrogens is 472 g/mol. The predicted octanol–water partition coefficient (Wildman–Crippen LogP) is 4.68. The molecule has 1 N–H and O–H groups in total. The Labute approximate surface area is 206 Å². The van der Waals surface area contributed by atoms with Crippen molar-refractivity contribution in [1.82, 2.24) is 4.90 Å². The number of aliphatic hydroxyl groups is 1. The quantitative estimate of drug-likeness (QED) is 0.414. The molecular formula is C26H29ClN2O4S. The smallest absolute Gasteiger partial charge is 0.264 e. The van der Waals surface area contributed by atoms with Crippen LogP contribution in [-0.4, -0.2) is 52.3 Å². The van der Waals surface area contributed by atoms with E-state index < -0.39 is 10.0 Å². The van der Waals surface area contributed by atoms with Gasteiger partial charge in [-0.2, -0.15) is 0 Å². The van der Waals surface area contributed by atoms with Gasteiger partial charge >= 0.3 is 0 Å². The molecule has 0 aliphatic carbocycles. The molecule has 0 aromatic heterocycles. The van der Waals surface area contributed by atoms with Crippen molar-refractivity contribution in [2.24, 2.45) is 0 Å². The summed E-state index contributed by atoms with van der Waals surface area (Å²) < 4.78 is 33.3. The topological polar surface area (TPSA) is 70.1 Å². The average Bonchev–Trinajstić information content (AvgIpc) is 2.84. The molecule has 3 aromatic carbocycles. The molecule has 0 atom stereocenters. The molecule has 6 nitrogen and oxygen atoms in total. The van der Waals surface area contributed by atoms with Crippen molar-refractivity contribution < 1.29 is 18.3 Å². The van der Waals surface area contributed by atoms with Crippen LogP contribution < -0.4 is 9.04 Å². The van der Waals surface area contributed by atoms with E-state index in [0.717, 1.165) is 11.1 Å². The van der Waals surface area contributed by atoms with Crippen LogP contribution in [0.5, 0.6) is 5.75 Å². The van der Waals surface area contributed by atoms with Gasteiger partial charge in [-0.05, 0) is 60.6 Å². The fourth-order valence-electron chi connectivity index (χ4n) is 3.52. The van der Waals surface area contributed by atoms with Gasteiger partial charge in [0.15, 0.2) is 0 Å². The van der Waals surface area contributed by atoms with Crippen LogP contribution in [0.3, 0.4) is 0 Å². The number of likely N-dealkylation sites (N-methyl/N-ethyl adjacent to an activating group) is 1. The highest BCUT2D eigenvalue weighted by Crippen LogP contribution is 2.28. The lowest BCUT2D eigenvalue weighted by Gasteiger charge is -2.27. The number of benzene rings is 3. The summed E-state index contributed by atoms with van der Waals surface area (Å²) in [5.41, 5.74) is 2.44. The van der Waals surface area contributed by atoms with Gasteiger partial charge < -0.3 is 9.84 Å². The zero-order valence-electron chi connectivity index (χ0n) is 19.3. The van der Waals surface area contributed by atoms with E-state index in [1.165, 1.54) is 23.5 Å². The second-order valence-electron chi connectivity index (χ2n) is 7.76. The third-order valence-electron chi connectivity index (χ3n) is 5.25. The van der Waals surface area contributed by atoms with Crippen LogP contribution in [0.2, 0.25) is 5.02 Å². The standard InChI is InChI=1S/C26H29ClN2O4S/c1-28(17-5-6-21-9-11-23(27)12-10-21)20-22-7-3-4-8-26(22)29(18-19-30)34(31,32)25-15-13-24(33-2)14-16-25/h3-16,30H,17-20H2,1-2H3. The van der Waals surface area contributed by atoms with E-state index in [4.69, 9.17) is 16.3 Å². The van der Waals surface area contributed by atoms with Gasteiger partial charge in [0, 0.05) is 18.1 Å². The minimum Gasteiger partial charge on any atom is -0.497 e. The third-order valence-corrected chi connectivity index (χ3v) is 7.33. The Morgan fingerprint density at radius 3 is 2.32 bits per heavy atom. The zero-order valence-corrected chi connectivity index (χ0v) is 20.8. The number of hydrogen-bond acceptors (Lipinski definition) is 5. The molecule has 180 valence electrons. The van der Waals surface area contributed by atoms with Crippen molar-refractivity contribution in [2.75, 3.05) is 38.2 Å². The summed E-state index contributed by atoms with van der Waals surface area (Å²) in [6.45, 7) is 0.846. The third kappa shape index (κ3) is 6.61. The predicted molar refractivity (Wildman–Crippen MR) is 138 cm³/mol. The SMILES string of the molecule is COc1ccc(S(=O)(=O)N(CCO)c2ccccc2CN(C)CC=Cc2ccc(Cl)cc2)cc1. The summed E-state index contributed by atoms with van der Waals surface area (Å²) in [7, 11) is -0.385. The molecule has 0 spiro atoms. The maximum atomic E-state index is 13.5. The van der Waals surface area contributed by atoms with Crippen LogP contribution in [0.15, 0.2) is 83.8 Å². The number of ether oxygens (including phenoxy) is 1. The summed E-state index contributed by atoms with van der Waals surface area (Å²) >= 11 is 5.93. The molecule has 0 fully saturated rings. The van der Waals surface area contributed by atoms with Crippen LogP contribution in [0.1, 0.15) is 11.1 Å². The van der Waals surface area contributed by atoms with Crippen molar-refractivity contribution in [1.29, 1.82) is 0 Å². The van der Waals surface area contributed by atoms with E-state index in [1.807, 2.05) is 55.6 Å². The monoisotopic (exact) mass is 500 g/mol. The number of anilines is 1. The molecule has 0 aliphatic heterocycles. The maximum Gasteiger partial charge on any atom is 0.264 e. The first-order chi connectivity index (χ1) is 16.3. The molecule has 8 heteroatoms. The van der Waals surface area contributed by atoms with Gasteiger partial charge in [-0.1, -0.05) is 54.1 Å². The first-order valence-electron chi connectivity index (χ1n) is 10.8. The van der Waals surface area contributed by atoms with Crippen LogP contribution in [-0.2, 0) is 16.6 Å². The second-order valence-corrected chi connectivity index (χ2v) is 10.1. The Hall–Kier alpha value is -2.84. The fraction of sp³-hybridized carbons (Fsp3) is 0.231. The lowest BCUT2D eigenvalue weighted by atomic mass is 10.1. The van der Waals surface area contributed by atoms with Crippen molar-refractivity contribution in [3.8, 4) is 5.75 Å². The van der Waals surface area contributed by atoms with Crippen molar-refractivity contribution in [2.45, 2.75) is 11.4 Å². The van der Waals surface area contributed by atoms with Crippen LogP contribution >= 0.6 is 11.6 Å². The molecule has 0 bridgehead atoms. The van der Waals surface area contributed by atoms with Crippen molar-refractivity contribution in [3.63, 3.8) is 0 Å². The number of halogens is 1. The fourth-order valence-corrected chi connectivity index (χ4v) is 5.14. The van der Waals surface area contributed by atoms with E-state index in [0.29, 0.717) is 29.5 Å². The van der Waals surface area contributed by atoms with E-state index >= 15 is 0 Å². The highest BCUT2D eigenvalue weighted by Gasteiger charge is 2.26. The van der Waals surface area contributed by atoms with Gasteiger partial charge in [-0.15, -0.1) is 0 Å². The van der Waals surface area contributed by atoms with Crippen LogP contribution in [0.25, 0.3) is 6.08 Å². The Kier molecular flexibility index (Phi) is 9.12. The first kappa shape index (κ1) is 25.8. The van der Waals surface area contributed by atoms with Crippen LogP contribution in [0.4, 0.5) is 5.69 Å². The highest BCUT2D eigenvalue weighted by atomic mass is 35.5. The maximum absolute atomic E-state index is 13.5. The minimum absolute atomic E-state index is 0.0500. The number of sulfonamides is 1. The molecule has 3 rings (SSSR count). The second kappa shape index (κ2) is 12.0. The van der Waals surface area contributed by atoms with Gasteiger partial charge in [0.1, 0.15) is 5.75 Å². The Morgan fingerprint density at radius 2 is 1.68 bits per heavy atom. The largest absolute Gasteiger partial charge is 0.497 e. The summed E-state index contributed by atoms with van der Waals surface area (Å²) in [4.78, 5) is 2.22. The number of methoxy groups -OCH3 is 1. The van der Waals surface area contributed by atoms with Gasteiger partial charge in [0.05, 0.1) is 30.8 Å². The summed E-state index contributed by atoms with van der Waals surface area (Å²) in [6.07, 6.45) is 4.07. The Bertz CT molecular complexity index is 1200. The normalized spacial score (nSPS) is 11.8. The molecule has 3 aromatic rings. The molecule has 0 heterocycles. The van der Waals surface area contributed by atoms with E-state index in [-0.39, 0.29) is 18.0 Å². The van der Waals surface area contributed by atoms with Gasteiger partial charge in [0.25, 0.3) is 10.0 Å². The van der Waals surface area contributed by atoms with Crippen LogP contribution in [0, 0.1) is 0 Å².